The lowest BCUT2D eigenvalue weighted by Gasteiger charge is -2.18. The van der Waals surface area contributed by atoms with E-state index < -0.39 is 0 Å². The van der Waals surface area contributed by atoms with E-state index in [9.17, 15) is 0 Å². The van der Waals surface area contributed by atoms with Gasteiger partial charge in [-0.15, -0.1) is 21.5 Å². The van der Waals surface area contributed by atoms with Crippen molar-refractivity contribution in [3.8, 4) is 34.1 Å². The van der Waals surface area contributed by atoms with E-state index in [0.717, 1.165) is 19.8 Å². The van der Waals surface area contributed by atoms with Crippen LogP contribution in [0.2, 0.25) is 0 Å². The first-order valence-corrected chi connectivity index (χ1v) is 10.5. The fourth-order valence-electron chi connectivity index (χ4n) is 2.57. The molecule has 0 fully saturated rings. The summed E-state index contributed by atoms with van der Waals surface area (Å²) in [7, 11) is 0. The van der Waals surface area contributed by atoms with Crippen LogP contribution in [-0.4, -0.2) is 20.2 Å². The number of hydrogen-bond acceptors (Lipinski definition) is 6. The molecule has 4 rings (SSSR count). The van der Waals surface area contributed by atoms with Crippen LogP contribution >= 0.6 is 27.3 Å². The van der Waals surface area contributed by atoms with Gasteiger partial charge in [-0.05, 0) is 63.0 Å². The zero-order valence-electron chi connectivity index (χ0n) is 16.1. The number of aromatic nitrogens is 4. The normalized spacial score (nSPS) is 11.2. The SMILES string of the molecule is CC(C)(C)c1ccc(-c2nnc(-c3ccc(C#Cc4ncc(Br)cn4)s3)o2)cc1. The Bertz CT molecular complexity index is 1190. The van der Waals surface area contributed by atoms with E-state index in [1.54, 1.807) is 12.4 Å². The molecule has 0 saturated heterocycles. The first-order valence-electron chi connectivity index (χ1n) is 8.93. The van der Waals surface area contributed by atoms with E-state index in [4.69, 9.17) is 4.42 Å². The summed E-state index contributed by atoms with van der Waals surface area (Å²) in [5.74, 6) is 7.48. The van der Waals surface area contributed by atoms with Crippen molar-refractivity contribution in [1.29, 1.82) is 0 Å². The first kappa shape index (κ1) is 19.5. The highest BCUT2D eigenvalue weighted by Crippen LogP contribution is 2.30. The molecule has 29 heavy (non-hydrogen) atoms. The Morgan fingerprint density at radius 3 is 2.28 bits per heavy atom. The molecule has 3 heterocycles. The summed E-state index contributed by atoms with van der Waals surface area (Å²) >= 11 is 4.80. The average Bonchev–Trinajstić information content (AvgIpc) is 3.36. The van der Waals surface area contributed by atoms with Crippen molar-refractivity contribution in [3.05, 3.63) is 69.5 Å². The smallest absolute Gasteiger partial charge is 0.258 e. The van der Waals surface area contributed by atoms with E-state index in [1.807, 2.05) is 24.3 Å². The Morgan fingerprint density at radius 1 is 0.897 bits per heavy atom. The van der Waals surface area contributed by atoms with Gasteiger partial charge in [0, 0.05) is 18.0 Å². The van der Waals surface area contributed by atoms with Gasteiger partial charge in [0.15, 0.2) is 0 Å². The van der Waals surface area contributed by atoms with E-state index >= 15 is 0 Å². The number of hydrogen-bond donors (Lipinski definition) is 0. The third-order valence-electron chi connectivity index (χ3n) is 4.16. The lowest BCUT2D eigenvalue weighted by molar-refractivity contribution is 0.583. The van der Waals surface area contributed by atoms with Crippen LogP contribution in [-0.2, 0) is 5.41 Å². The zero-order valence-corrected chi connectivity index (χ0v) is 18.5. The van der Waals surface area contributed by atoms with Gasteiger partial charge in [0.1, 0.15) is 0 Å². The van der Waals surface area contributed by atoms with Crippen LogP contribution in [0.3, 0.4) is 0 Å². The number of halogens is 1. The van der Waals surface area contributed by atoms with Crippen molar-refractivity contribution >= 4 is 27.3 Å². The van der Waals surface area contributed by atoms with Crippen LogP contribution in [0.4, 0.5) is 0 Å². The Labute approximate surface area is 181 Å². The van der Waals surface area contributed by atoms with Gasteiger partial charge >= 0.3 is 0 Å². The predicted octanol–water partition coefficient (Wildman–Crippen LogP) is 5.71. The number of rotatable bonds is 2. The molecular weight excluding hydrogens is 448 g/mol. The summed E-state index contributed by atoms with van der Waals surface area (Å²) < 4.78 is 6.70. The highest BCUT2D eigenvalue weighted by molar-refractivity contribution is 9.10. The van der Waals surface area contributed by atoms with Crippen molar-refractivity contribution in [2.24, 2.45) is 0 Å². The molecule has 0 atom stereocenters. The molecule has 0 N–H and O–H groups in total. The molecule has 0 spiro atoms. The topological polar surface area (TPSA) is 64.7 Å². The fraction of sp³-hybridized carbons (Fsp3) is 0.182. The largest absolute Gasteiger partial charge is 0.415 e. The van der Waals surface area contributed by atoms with Crippen molar-refractivity contribution in [2.45, 2.75) is 26.2 Å². The first-order chi connectivity index (χ1) is 13.9. The summed E-state index contributed by atoms with van der Waals surface area (Å²) in [6.45, 7) is 6.56. The van der Waals surface area contributed by atoms with E-state index in [2.05, 4.69) is 80.8 Å². The molecule has 0 unspecified atom stereocenters. The maximum Gasteiger partial charge on any atom is 0.258 e. The van der Waals surface area contributed by atoms with Gasteiger partial charge in [0.25, 0.3) is 5.89 Å². The number of nitrogens with zero attached hydrogens (tertiary/aromatic N) is 4. The lowest BCUT2D eigenvalue weighted by Crippen LogP contribution is -2.10. The molecule has 0 amide bonds. The number of benzene rings is 1. The van der Waals surface area contributed by atoms with Crippen molar-refractivity contribution in [3.63, 3.8) is 0 Å². The molecule has 0 bridgehead atoms. The molecule has 0 aliphatic heterocycles. The minimum absolute atomic E-state index is 0.105. The van der Waals surface area contributed by atoms with Crippen LogP contribution in [0.5, 0.6) is 0 Å². The molecule has 144 valence electrons. The third kappa shape index (κ3) is 4.61. The van der Waals surface area contributed by atoms with Crippen molar-refractivity contribution in [1.82, 2.24) is 20.2 Å². The van der Waals surface area contributed by atoms with E-state index in [0.29, 0.717) is 17.6 Å². The number of thiophene rings is 1. The quantitative estimate of drug-likeness (QED) is 0.355. The Morgan fingerprint density at radius 2 is 1.59 bits per heavy atom. The third-order valence-corrected chi connectivity index (χ3v) is 5.56. The van der Waals surface area contributed by atoms with E-state index in [-0.39, 0.29) is 5.41 Å². The summed E-state index contributed by atoms with van der Waals surface area (Å²) in [6, 6.07) is 12.1. The van der Waals surface area contributed by atoms with Gasteiger partial charge in [-0.25, -0.2) is 9.97 Å². The van der Waals surface area contributed by atoms with Crippen LogP contribution in [0, 0.1) is 11.8 Å². The summed E-state index contributed by atoms with van der Waals surface area (Å²) in [5.41, 5.74) is 2.27. The molecule has 7 heteroatoms. The highest BCUT2D eigenvalue weighted by Gasteiger charge is 2.15. The molecule has 0 saturated carbocycles. The van der Waals surface area contributed by atoms with Crippen LogP contribution in [0.1, 0.15) is 37.0 Å². The van der Waals surface area contributed by atoms with Gasteiger partial charge in [-0.2, -0.15) is 0 Å². The minimum Gasteiger partial charge on any atom is -0.415 e. The Kier molecular flexibility index (Phi) is 5.31. The van der Waals surface area contributed by atoms with Gasteiger partial charge in [-0.3, -0.25) is 0 Å². The van der Waals surface area contributed by atoms with Gasteiger partial charge in [0.05, 0.1) is 14.2 Å². The van der Waals surface area contributed by atoms with Gasteiger partial charge < -0.3 is 4.42 Å². The zero-order chi connectivity index (χ0) is 20.4. The molecule has 4 aromatic rings. The molecule has 1 aromatic carbocycles. The fourth-order valence-corrected chi connectivity index (χ4v) is 3.55. The summed E-state index contributed by atoms with van der Waals surface area (Å²) in [4.78, 5) is 10.0. The molecule has 0 radical (unpaired) electrons. The molecule has 3 aromatic heterocycles. The van der Waals surface area contributed by atoms with Crippen LogP contribution in [0.15, 0.2) is 57.7 Å². The second-order valence-electron chi connectivity index (χ2n) is 7.38. The second kappa shape index (κ2) is 7.90. The maximum absolute atomic E-state index is 5.88. The molecular formula is C22H17BrN4OS. The van der Waals surface area contributed by atoms with E-state index in [1.165, 1.54) is 16.9 Å². The second-order valence-corrected chi connectivity index (χ2v) is 9.38. The van der Waals surface area contributed by atoms with Crippen molar-refractivity contribution in [2.75, 3.05) is 0 Å². The Hall–Kier alpha value is -2.82. The van der Waals surface area contributed by atoms with Crippen LogP contribution in [0.25, 0.3) is 22.2 Å². The summed E-state index contributed by atoms with van der Waals surface area (Å²) in [6.07, 6.45) is 3.34. The monoisotopic (exact) mass is 464 g/mol. The van der Waals surface area contributed by atoms with Gasteiger partial charge in [0.2, 0.25) is 11.7 Å². The maximum atomic E-state index is 5.88. The Balaban J connectivity index is 1.53. The average molecular weight is 465 g/mol. The molecule has 5 nitrogen and oxygen atoms in total. The van der Waals surface area contributed by atoms with Gasteiger partial charge in [-0.1, -0.05) is 32.9 Å². The van der Waals surface area contributed by atoms with Crippen LogP contribution < -0.4 is 0 Å². The minimum atomic E-state index is 0.105. The van der Waals surface area contributed by atoms with Crippen molar-refractivity contribution < 1.29 is 4.42 Å². The molecule has 0 aliphatic carbocycles. The lowest BCUT2D eigenvalue weighted by atomic mass is 9.87. The summed E-state index contributed by atoms with van der Waals surface area (Å²) in [5, 5.41) is 8.39. The highest BCUT2D eigenvalue weighted by atomic mass is 79.9. The predicted molar refractivity (Wildman–Crippen MR) is 117 cm³/mol. The molecule has 0 aliphatic rings. The standard InChI is InChI=1S/C22H17BrN4OS/c1-22(2,3)15-6-4-14(5-7-15)20-26-27-21(28-20)18-10-8-17(29-18)9-11-19-24-12-16(23)13-25-19/h4-8,10,12-13H,1-3H3.